The maximum Gasteiger partial charge on any atom is 0.242 e. The first kappa shape index (κ1) is 14.1. The fraction of sp³-hybridized carbons (Fsp3) is 0.308. The Morgan fingerprint density at radius 3 is 2.47 bits per heavy atom. The molecule has 0 aromatic heterocycles. The van der Waals surface area contributed by atoms with Crippen molar-refractivity contribution in [2.75, 3.05) is 16.5 Å². The number of aryl methyl sites for hydroxylation is 1. The largest absolute Gasteiger partial charge is 0.303 e. The summed E-state index contributed by atoms with van der Waals surface area (Å²) in [5, 5.41) is 1.15. The van der Waals surface area contributed by atoms with E-state index in [9.17, 15) is 13.2 Å². The molecule has 1 aromatic rings. The molecule has 2 rings (SSSR count). The van der Waals surface area contributed by atoms with E-state index in [2.05, 4.69) is 0 Å². The smallest absolute Gasteiger partial charge is 0.242 e. The van der Waals surface area contributed by atoms with Crippen molar-refractivity contribution in [3.63, 3.8) is 0 Å². The van der Waals surface area contributed by atoms with E-state index >= 15 is 0 Å². The van der Waals surface area contributed by atoms with E-state index in [4.69, 9.17) is 11.6 Å². The van der Waals surface area contributed by atoms with Crippen LogP contribution in [0.3, 0.4) is 0 Å². The molecule has 0 fully saturated rings. The molecule has 0 saturated carbocycles. The maximum atomic E-state index is 12.0. The molecule has 1 aliphatic heterocycles. The minimum Gasteiger partial charge on any atom is -0.303 e. The first-order valence-corrected chi connectivity index (χ1v) is 8.03. The molecule has 1 amide bonds. The Hall–Kier alpha value is -1.33. The van der Waals surface area contributed by atoms with Gasteiger partial charge in [-0.1, -0.05) is 17.7 Å². The van der Waals surface area contributed by atoms with Gasteiger partial charge >= 0.3 is 0 Å². The van der Waals surface area contributed by atoms with E-state index in [0.29, 0.717) is 5.69 Å². The fourth-order valence-corrected chi connectivity index (χ4v) is 3.41. The number of carbonyl (C=O) groups is 1. The lowest BCUT2D eigenvalue weighted by molar-refractivity contribution is -0.116. The summed E-state index contributed by atoms with van der Waals surface area (Å²) in [6, 6.07) is 6.84. The van der Waals surface area contributed by atoms with Gasteiger partial charge in [-0.05, 0) is 25.1 Å². The molecule has 1 heterocycles. The van der Waals surface area contributed by atoms with Crippen LogP contribution in [0.15, 0.2) is 35.7 Å². The van der Waals surface area contributed by atoms with Gasteiger partial charge < -0.3 is 4.90 Å². The monoisotopic (exact) mass is 299 g/mol. The lowest BCUT2D eigenvalue weighted by Gasteiger charge is -2.27. The van der Waals surface area contributed by atoms with Crippen LogP contribution in [0.4, 0.5) is 5.69 Å². The van der Waals surface area contributed by atoms with Gasteiger partial charge in [0.25, 0.3) is 0 Å². The number of sulfone groups is 1. The van der Waals surface area contributed by atoms with E-state index < -0.39 is 15.9 Å². The molecule has 0 aliphatic carbocycles. The highest BCUT2D eigenvalue weighted by molar-refractivity contribution is 7.94. The number of alkyl halides is 1. The SMILES string of the molecule is Cc1ccc(N(C(=O)CCl)C2C=CS(=O)(=O)C2)cc1. The van der Waals surface area contributed by atoms with Crippen LogP contribution in [0.5, 0.6) is 0 Å². The van der Waals surface area contributed by atoms with Crippen molar-refractivity contribution in [2.45, 2.75) is 13.0 Å². The molecule has 6 heteroatoms. The molecule has 1 aromatic carbocycles. The van der Waals surface area contributed by atoms with Gasteiger partial charge in [0, 0.05) is 11.1 Å². The van der Waals surface area contributed by atoms with Gasteiger partial charge in [-0.15, -0.1) is 11.6 Å². The van der Waals surface area contributed by atoms with E-state index in [1.54, 1.807) is 12.1 Å². The number of carbonyl (C=O) groups excluding carboxylic acids is 1. The summed E-state index contributed by atoms with van der Waals surface area (Å²) < 4.78 is 23.0. The quantitative estimate of drug-likeness (QED) is 0.801. The molecular weight excluding hydrogens is 286 g/mol. The molecule has 0 radical (unpaired) electrons. The van der Waals surface area contributed by atoms with Crippen molar-refractivity contribution in [1.29, 1.82) is 0 Å². The predicted octanol–water partition coefficient (Wildman–Crippen LogP) is 1.88. The van der Waals surface area contributed by atoms with Gasteiger partial charge in [-0.2, -0.15) is 0 Å². The number of halogens is 1. The molecule has 19 heavy (non-hydrogen) atoms. The average Bonchev–Trinajstić information content (AvgIpc) is 2.72. The van der Waals surface area contributed by atoms with E-state index in [1.165, 1.54) is 11.0 Å². The molecule has 0 saturated heterocycles. The number of anilines is 1. The number of hydrogen-bond donors (Lipinski definition) is 0. The Bertz CT molecular complexity index is 607. The van der Waals surface area contributed by atoms with Crippen LogP contribution in [-0.2, 0) is 14.6 Å². The molecule has 0 bridgehead atoms. The zero-order valence-corrected chi connectivity index (χ0v) is 12.0. The number of rotatable bonds is 3. The maximum absolute atomic E-state index is 12.0. The van der Waals surface area contributed by atoms with Crippen LogP contribution in [0.25, 0.3) is 0 Å². The first-order valence-electron chi connectivity index (χ1n) is 5.78. The second-order valence-electron chi connectivity index (χ2n) is 4.46. The lowest BCUT2D eigenvalue weighted by atomic mass is 10.2. The minimum absolute atomic E-state index is 0.0937. The number of benzene rings is 1. The molecular formula is C13H14ClNO3S. The van der Waals surface area contributed by atoms with Crippen molar-refractivity contribution >= 4 is 33.0 Å². The van der Waals surface area contributed by atoms with E-state index in [0.717, 1.165) is 11.0 Å². The third-order valence-corrected chi connectivity index (χ3v) is 4.54. The molecule has 1 unspecified atom stereocenters. The Morgan fingerprint density at radius 1 is 1.37 bits per heavy atom. The summed E-state index contributed by atoms with van der Waals surface area (Å²) in [4.78, 5) is 13.4. The Kier molecular flexibility index (Phi) is 3.96. The number of nitrogens with zero attached hydrogens (tertiary/aromatic N) is 1. The molecule has 102 valence electrons. The van der Waals surface area contributed by atoms with Crippen molar-refractivity contribution in [3.8, 4) is 0 Å². The minimum atomic E-state index is -3.22. The third-order valence-electron chi connectivity index (χ3n) is 2.94. The van der Waals surface area contributed by atoms with Gasteiger partial charge in [0.15, 0.2) is 9.84 Å². The molecule has 4 nitrogen and oxygen atoms in total. The second kappa shape index (κ2) is 5.35. The first-order chi connectivity index (χ1) is 8.93. The van der Waals surface area contributed by atoms with E-state index in [-0.39, 0.29) is 17.5 Å². The highest BCUT2D eigenvalue weighted by Gasteiger charge is 2.30. The summed E-state index contributed by atoms with van der Waals surface area (Å²) >= 11 is 5.61. The van der Waals surface area contributed by atoms with Crippen LogP contribution in [0.2, 0.25) is 0 Å². The predicted molar refractivity (Wildman–Crippen MR) is 76.1 cm³/mol. The van der Waals surface area contributed by atoms with Crippen molar-refractivity contribution in [3.05, 3.63) is 41.3 Å². The Morgan fingerprint density at radius 2 is 2.00 bits per heavy atom. The summed E-state index contributed by atoms with van der Waals surface area (Å²) in [7, 11) is -3.22. The summed E-state index contributed by atoms with van der Waals surface area (Å²) in [5.41, 5.74) is 1.72. The average molecular weight is 300 g/mol. The standard InChI is InChI=1S/C13H14ClNO3S/c1-10-2-4-11(5-3-10)15(13(16)8-14)12-6-7-19(17,18)9-12/h2-7,12H,8-9H2,1H3. The van der Waals surface area contributed by atoms with E-state index in [1.807, 2.05) is 19.1 Å². The highest BCUT2D eigenvalue weighted by Crippen LogP contribution is 2.23. The topological polar surface area (TPSA) is 54.5 Å². The number of hydrogen-bond acceptors (Lipinski definition) is 3. The molecule has 1 aliphatic rings. The number of amides is 1. The zero-order chi connectivity index (χ0) is 14.0. The van der Waals surface area contributed by atoms with Gasteiger partial charge in [-0.25, -0.2) is 8.42 Å². The highest BCUT2D eigenvalue weighted by atomic mass is 35.5. The van der Waals surface area contributed by atoms with Crippen LogP contribution >= 0.6 is 11.6 Å². The second-order valence-corrected chi connectivity index (χ2v) is 6.66. The summed E-state index contributed by atoms with van der Waals surface area (Å²) in [6.45, 7) is 1.94. The van der Waals surface area contributed by atoms with Crippen molar-refractivity contribution in [1.82, 2.24) is 0 Å². The van der Waals surface area contributed by atoms with Crippen LogP contribution in [0, 0.1) is 6.92 Å². The summed E-state index contributed by atoms with van der Waals surface area (Å²) in [5.74, 6) is -0.584. The lowest BCUT2D eigenvalue weighted by Crippen LogP contribution is -2.41. The summed E-state index contributed by atoms with van der Waals surface area (Å²) in [6.07, 6.45) is 1.53. The third kappa shape index (κ3) is 3.16. The van der Waals surface area contributed by atoms with Crippen LogP contribution in [-0.4, -0.2) is 32.0 Å². The van der Waals surface area contributed by atoms with Crippen molar-refractivity contribution in [2.24, 2.45) is 0 Å². The zero-order valence-electron chi connectivity index (χ0n) is 10.4. The molecule has 0 N–H and O–H groups in total. The van der Waals surface area contributed by atoms with Crippen molar-refractivity contribution < 1.29 is 13.2 Å². The van der Waals surface area contributed by atoms with Gasteiger partial charge in [0.1, 0.15) is 5.88 Å². The van der Waals surface area contributed by atoms with Gasteiger partial charge in [-0.3, -0.25) is 4.79 Å². The van der Waals surface area contributed by atoms with Crippen LogP contribution < -0.4 is 4.90 Å². The van der Waals surface area contributed by atoms with Gasteiger partial charge in [0.2, 0.25) is 5.91 Å². The normalized spacial score (nSPS) is 20.4. The molecule has 0 spiro atoms. The van der Waals surface area contributed by atoms with Gasteiger partial charge in [0.05, 0.1) is 11.8 Å². The molecule has 1 atom stereocenters. The Labute approximate surface area is 117 Å². The fourth-order valence-electron chi connectivity index (χ4n) is 2.01. The Balaban J connectivity index is 2.35. The van der Waals surface area contributed by atoms with Crippen LogP contribution in [0.1, 0.15) is 5.56 Å².